The van der Waals surface area contributed by atoms with Gasteiger partial charge in [0.15, 0.2) is 0 Å². The quantitative estimate of drug-likeness (QED) is 0.514. The summed E-state index contributed by atoms with van der Waals surface area (Å²) in [5.74, 6) is -0.291. The minimum atomic E-state index is -0.469. The summed E-state index contributed by atoms with van der Waals surface area (Å²) in [5.41, 5.74) is 1.52. The molecular weight excluding hydrogens is 244 g/mol. The third-order valence-electron chi connectivity index (χ3n) is 5.64. The van der Waals surface area contributed by atoms with Crippen molar-refractivity contribution in [1.82, 2.24) is 0 Å². The van der Waals surface area contributed by atoms with Crippen LogP contribution >= 0.6 is 0 Å². The molecule has 0 radical (unpaired) electrons. The van der Waals surface area contributed by atoms with E-state index < -0.39 is 12.2 Å². The molecule has 3 aliphatic rings. The number of carbonyl (C=O) groups is 1. The van der Waals surface area contributed by atoms with Gasteiger partial charge in [0, 0.05) is 11.3 Å². The Balaban J connectivity index is 2.11. The minimum Gasteiger partial charge on any atom is -0.457 e. The molecule has 1 heterocycles. The number of ether oxygens (including phenoxy) is 1. The number of aliphatic hydroxyl groups is 2. The molecule has 6 atom stereocenters. The van der Waals surface area contributed by atoms with Crippen LogP contribution in [0.5, 0.6) is 0 Å². The van der Waals surface area contributed by atoms with E-state index in [1.807, 2.05) is 20.8 Å². The van der Waals surface area contributed by atoms with E-state index in [4.69, 9.17) is 4.74 Å². The summed E-state index contributed by atoms with van der Waals surface area (Å²) in [6, 6.07) is 0. The second-order valence-corrected chi connectivity index (χ2v) is 6.63. The molecule has 0 aromatic carbocycles. The number of fused-ring (bicyclic) bond motifs is 3. The van der Waals surface area contributed by atoms with Gasteiger partial charge < -0.3 is 14.9 Å². The van der Waals surface area contributed by atoms with Crippen LogP contribution in [0.15, 0.2) is 11.1 Å². The zero-order valence-corrected chi connectivity index (χ0v) is 11.7. The third kappa shape index (κ3) is 1.62. The van der Waals surface area contributed by atoms with Crippen LogP contribution in [0, 0.1) is 17.3 Å². The molecule has 4 nitrogen and oxygen atoms in total. The first-order chi connectivity index (χ1) is 8.86. The van der Waals surface area contributed by atoms with Gasteiger partial charge in [-0.1, -0.05) is 13.8 Å². The molecule has 0 unspecified atom stereocenters. The third-order valence-corrected chi connectivity index (χ3v) is 5.64. The molecule has 2 aliphatic carbocycles. The standard InChI is InChI=1S/C15H22O4/c1-7-9-6-11(17)15(3)5-4-10(16)8(2)12(15)13(9)19-14(7)18/h7,9-11,13,16-17H,4-6H2,1-3H3/t7-,9-,10-,11-,13-,15+/m0/s1. The molecule has 19 heavy (non-hydrogen) atoms. The molecule has 1 aliphatic heterocycles. The van der Waals surface area contributed by atoms with Crippen molar-refractivity contribution in [2.75, 3.05) is 0 Å². The lowest BCUT2D eigenvalue weighted by molar-refractivity contribution is -0.144. The Hall–Kier alpha value is -0.870. The van der Waals surface area contributed by atoms with Crippen LogP contribution in [0.2, 0.25) is 0 Å². The molecule has 106 valence electrons. The highest BCUT2D eigenvalue weighted by Crippen LogP contribution is 2.55. The SMILES string of the molecule is CC1=C2[C@H]3OC(=O)[C@@H](C)[C@@H]3C[C@H](O)[C@@]2(C)CC[C@@H]1O. The Morgan fingerprint density at radius 3 is 2.74 bits per heavy atom. The number of carbonyl (C=O) groups excluding carboxylic acids is 1. The number of aliphatic hydroxyl groups excluding tert-OH is 2. The fourth-order valence-corrected chi connectivity index (χ4v) is 4.19. The smallest absolute Gasteiger partial charge is 0.309 e. The van der Waals surface area contributed by atoms with Gasteiger partial charge in [0.2, 0.25) is 0 Å². The Kier molecular flexibility index (Phi) is 2.81. The van der Waals surface area contributed by atoms with Gasteiger partial charge in [-0.15, -0.1) is 0 Å². The van der Waals surface area contributed by atoms with Crippen molar-refractivity contribution in [1.29, 1.82) is 0 Å². The van der Waals surface area contributed by atoms with E-state index in [-0.39, 0.29) is 29.3 Å². The van der Waals surface area contributed by atoms with E-state index in [9.17, 15) is 15.0 Å². The molecule has 0 bridgehead atoms. The van der Waals surface area contributed by atoms with Crippen LogP contribution in [-0.4, -0.2) is 34.5 Å². The van der Waals surface area contributed by atoms with Crippen molar-refractivity contribution in [3.63, 3.8) is 0 Å². The number of hydrogen-bond acceptors (Lipinski definition) is 4. The van der Waals surface area contributed by atoms with E-state index in [2.05, 4.69) is 0 Å². The maximum absolute atomic E-state index is 11.8. The molecule has 1 saturated carbocycles. The summed E-state index contributed by atoms with van der Waals surface area (Å²) in [7, 11) is 0. The Labute approximate surface area is 113 Å². The number of esters is 1. The summed E-state index contributed by atoms with van der Waals surface area (Å²) in [6.07, 6.45) is 0.861. The first-order valence-corrected chi connectivity index (χ1v) is 7.14. The van der Waals surface area contributed by atoms with Gasteiger partial charge in [0.1, 0.15) is 6.10 Å². The summed E-state index contributed by atoms with van der Waals surface area (Å²) in [5, 5.41) is 20.6. The van der Waals surface area contributed by atoms with Gasteiger partial charge in [-0.3, -0.25) is 4.79 Å². The van der Waals surface area contributed by atoms with E-state index in [1.165, 1.54) is 0 Å². The zero-order chi connectivity index (χ0) is 13.9. The first-order valence-electron chi connectivity index (χ1n) is 7.14. The Morgan fingerprint density at radius 1 is 1.37 bits per heavy atom. The molecule has 0 aromatic rings. The maximum atomic E-state index is 11.8. The fourth-order valence-electron chi connectivity index (χ4n) is 4.19. The van der Waals surface area contributed by atoms with Gasteiger partial charge in [-0.25, -0.2) is 0 Å². The second kappa shape index (κ2) is 4.06. The molecule has 1 saturated heterocycles. The van der Waals surface area contributed by atoms with E-state index in [0.29, 0.717) is 12.8 Å². The normalized spacial score (nSPS) is 49.7. The van der Waals surface area contributed by atoms with E-state index in [0.717, 1.165) is 17.6 Å². The Morgan fingerprint density at radius 2 is 2.05 bits per heavy atom. The molecular formula is C15H22O4. The van der Waals surface area contributed by atoms with Crippen LogP contribution in [0.1, 0.15) is 40.0 Å². The fraction of sp³-hybridized carbons (Fsp3) is 0.800. The molecule has 0 aromatic heterocycles. The first kappa shape index (κ1) is 13.1. The van der Waals surface area contributed by atoms with Gasteiger partial charge >= 0.3 is 5.97 Å². The van der Waals surface area contributed by atoms with Crippen molar-refractivity contribution in [2.24, 2.45) is 17.3 Å². The Bertz CT molecular complexity index is 455. The zero-order valence-electron chi connectivity index (χ0n) is 11.7. The lowest BCUT2D eigenvalue weighted by Crippen LogP contribution is -2.50. The lowest BCUT2D eigenvalue weighted by Gasteiger charge is -2.49. The van der Waals surface area contributed by atoms with E-state index in [1.54, 1.807) is 0 Å². The van der Waals surface area contributed by atoms with Gasteiger partial charge in [-0.05, 0) is 37.3 Å². The summed E-state index contributed by atoms with van der Waals surface area (Å²) in [6.45, 7) is 5.82. The highest BCUT2D eigenvalue weighted by molar-refractivity contribution is 5.76. The second-order valence-electron chi connectivity index (χ2n) is 6.63. The van der Waals surface area contributed by atoms with Gasteiger partial charge in [0.25, 0.3) is 0 Å². The minimum absolute atomic E-state index is 0.0471. The molecule has 4 heteroatoms. The largest absolute Gasteiger partial charge is 0.457 e. The summed E-state index contributed by atoms with van der Waals surface area (Å²) in [4.78, 5) is 11.8. The predicted molar refractivity (Wildman–Crippen MR) is 69.2 cm³/mol. The summed E-state index contributed by atoms with van der Waals surface area (Å²) < 4.78 is 5.56. The average molecular weight is 266 g/mol. The topological polar surface area (TPSA) is 66.8 Å². The van der Waals surface area contributed by atoms with Crippen LogP contribution < -0.4 is 0 Å². The molecule has 0 amide bonds. The average Bonchev–Trinajstić information content (AvgIpc) is 2.63. The van der Waals surface area contributed by atoms with Crippen LogP contribution in [0.3, 0.4) is 0 Å². The van der Waals surface area contributed by atoms with Crippen LogP contribution in [0.4, 0.5) is 0 Å². The number of hydrogen-bond donors (Lipinski definition) is 2. The van der Waals surface area contributed by atoms with Crippen LogP contribution in [0.25, 0.3) is 0 Å². The maximum Gasteiger partial charge on any atom is 0.309 e. The van der Waals surface area contributed by atoms with Crippen molar-refractivity contribution in [3.8, 4) is 0 Å². The van der Waals surface area contributed by atoms with Gasteiger partial charge in [0.05, 0.1) is 18.1 Å². The van der Waals surface area contributed by atoms with Crippen LogP contribution in [-0.2, 0) is 9.53 Å². The van der Waals surface area contributed by atoms with Crippen molar-refractivity contribution in [2.45, 2.75) is 58.3 Å². The predicted octanol–water partition coefficient (Wildman–Crippen LogP) is 1.41. The summed E-state index contributed by atoms with van der Waals surface area (Å²) >= 11 is 0. The monoisotopic (exact) mass is 266 g/mol. The molecule has 0 spiro atoms. The molecule has 3 rings (SSSR count). The van der Waals surface area contributed by atoms with Gasteiger partial charge in [-0.2, -0.15) is 0 Å². The van der Waals surface area contributed by atoms with Crippen molar-refractivity contribution >= 4 is 5.97 Å². The van der Waals surface area contributed by atoms with Crippen molar-refractivity contribution < 1.29 is 19.7 Å². The lowest BCUT2D eigenvalue weighted by atomic mass is 9.57. The van der Waals surface area contributed by atoms with E-state index >= 15 is 0 Å². The molecule has 2 fully saturated rings. The van der Waals surface area contributed by atoms with Crippen molar-refractivity contribution in [3.05, 3.63) is 11.1 Å². The highest BCUT2D eigenvalue weighted by Gasteiger charge is 2.57. The molecule has 2 N–H and O–H groups in total. The number of rotatable bonds is 0. The highest BCUT2D eigenvalue weighted by atomic mass is 16.6.